The predicted molar refractivity (Wildman–Crippen MR) is 100 cm³/mol. The number of thiazole rings is 1. The Labute approximate surface area is 145 Å². The van der Waals surface area contributed by atoms with E-state index in [1.807, 2.05) is 17.5 Å². The van der Waals surface area contributed by atoms with Crippen LogP contribution in [0.2, 0.25) is 0 Å². The van der Waals surface area contributed by atoms with Crippen LogP contribution in [0.25, 0.3) is 22.0 Å². The number of nitrogens with zero attached hydrogens (tertiary/aromatic N) is 1. The second-order valence-corrected chi connectivity index (χ2v) is 6.98. The summed E-state index contributed by atoms with van der Waals surface area (Å²) in [5, 5.41) is 8.01. The number of anilines is 1. The normalized spacial score (nSPS) is 16.6. The lowest BCUT2D eigenvalue weighted by Gasteiger charge is -2.06. The van der Waals surface area contributed by atoms with Crippen LogP contribution in [0.5, 0.6) is 0 Å². The van der Waals surface area contributed by atoms with Crippen LogP contribution in [-0.4, -0.2) is 10.9 Å². The third-order valence-electron chi connectivity index (χ3n) is 4.36. The van der Waals surface area contributed by atoms with Crippen molar-refractivity contribution in [3.05, 3.63) is 60.0 Å². The van der Waals surface area contributed by atoms with Crippen molar-refractivity contribution < 1.29 is 4.79 Å². The molecule has 3 nitrogen and oxygen atoms in total. The molecule has 2 aromatic carbocycles. The van der Waals surface area contributed by atoms with Gasteiger partial charge in [0.05, 0.1) is 5.69 Å². The van der Waals surface area contributed by atoms with E-state index in [4.69, 9.17) is 0 Å². The molecule has 0 saturated heterocycles. The van der Waals surface area contributed by atoms with E-state index in [1.54, 1.807) is 0 Å². The van der Waals surface area contributed by atoms with Gasteiger partial charge in [-0.15, -0.1) is 11.3 Å². The van der Waals surface area contributed by atoms with Crippen LogP contribution in [0.3, 0.4) is 0 Å². The van der Waals surface area contributed by atoms with E-state index in [1.165, 1.54) is 22.1 Å². The van der Waals surface area contributed by atoms with Crippen molar-refractivity contribution in [2.75, 3.05) is 5.32 Å². The first kappa shape index (κ1) is 15.1. The van der Waals surface area contributed by atoms with Crippen molar-refractivity contribution in [2.45, 2.75) is 19.3 Å². The molecule has 1 unspecified atom stereocenters. The van der Waals surface area contributed by atoms with Crippen LogP contribution >= 0.6 is 11.3 Å². The van der Waals surface area contributed by atoms with E-state index in [0.29, 0.717) is 17.5 Å². The lowest BCUT2D eigenvalue weighted by molar-refractivity contribution is -0.116. The predicted octanol–water partition coefficient (Wildman–Crippen LogP) is 5.26. The van der Waals surface area contributed by atoms with Gasteiger partial charge in [-0.25, -0.2) is 4.98 Å². The number of allylic oxidation sites excluding steroid dienone is 2. The number of carbonyl (C=O) groups is 1. The van der Waals surface area contributed by atoms with Crippen LogP contribution in [0.4, 0.5) is 5.13 Å². The molecule has 0 fully saturated rings. The summed E-state index contributed by atoms with van der Waals surface area (Å²) >= 11 is 1.47. The molecule has 1 atom stereocenters. The summed E-state index contributed by atoms with van der Waals surface area (Å²) in [5.41, 5.74) is 1.98. The summed E-state index contributed by atoms with van der Waals surface area (Å²) in [6.07, 6.45) is 7.00. The zero-order valence-corrected chi connectivity index (χ0v) is 14.1. The molecule has 0 bridgehead atoms. The summed E-state index contributed by atoms with van der Waals surface area (Å²) < 4.78 is 0. The Morgan fingerprint density at radius 2 is 2.08 bits per heavy atom. The molecule has 0 spiro atoms. The highest BCUT2D eigenvalue weighted by molar-refractivity contribution is 7.14. The first-order valence-electron chi connectivity index (χ1n) is 8.19. The van der Waals surface area contributed by atoms with Gasteiger partial charge in [-0.2, -0.15) is 0 Å². The van der Waals surface area contributed by atoms with Gasteiger partial charge in [0.25, 0.3) is 0 Å². The number of hydrogen-bond donors (Lipinski definition) is 1. The zero-order chi connectivity index (χ0) is 16.4. The van der Waals surface area contributed by atoms with Gasteiger partial charge >= 0.3 is 0 Å². The first-order chi connectivity index (χ1) is 11.8. The molecule has 24 heavy (non-hydrogen) atoms. The lowest BCUT2D eigenvalue weighted by atomic mass is 10.1. The molecule has 3 aromatic rings. The average molecular weight is 334 g/mol. The highest BCUT2D eigenvalue weighted by Gasteiger charge is 2.15. The van der Waals surface area contributed by atoms with Crippen LogP contribution in [-0.2, 0) is 4.79 Å². The van der Waals surface area contributed by atoms with Crippen molar-refractivity contribution in [1.29, 1.82) is 0 Å². The van der Waals surface area contributed by atoms with Crippen molar-refractivity contribution in [3.63, 3.8) is 0 Å². The Hall–Kier alpha value is -2.46. The van der Waals surface area contributed by atoms with Gasteiger partial charge < -0.3 is 5.32 Å². The molecule has 0 aliphatic heterocycles. The third kappa shape index (κ3) is 3.24. The number of aromatic nitrogens is 1. The molecule has 1 aliphatic rings. The molecular weight excluding hydrogens is 316 g/mol. The Balaban J connectivity index is 1.49. The average Bonchev–Trinajstić information content (AvgIpc) is 3.26. The number of carbonyl (C=O) groups excluding carboxylic acids is 1. The van der Waals surface area contributed by atoms with Gasteiger partial charge in [-0.3, -0.25) is 4.79 Å². The summed E-state index contributed by atoms with van der Waals surface area (Å²) in [4.78, 5) is 16.7. The first-order valence-corrected chi connectivity index (χ1v) is 9.07. The number of rotatable bonds is 4. The smallest absolute Gasteiger partial charge is 0.226 e. The topological polar surface area (TPSA) is 42.0 Å². The fraction of sp³-hybridized carbons (Fsp3) is 0.200. The molecule has 1 N–H and O–H groups in total. The summed E-state index contributed by atoms with van der Waals surface area (Å²) in [6.45, 7) is 0. The van der Waals surface area contributed by atoms with Gasteiger partial charge in [0, 0.05) is 17.4 Å². The standard InChI is InChI=1S/C20H18N2OS/c23-19(11-14-5-1-2-6-14)22-20-21-18(13-24-20)17-10-9-15-7-3-4-8-16(15)12-17/h1,3-5,7-10,12-14H,2,6,11H2,(H,21,22,23). The maximum Gasteiger partial charge on any atom is 0.226 e. The van der Waals surface area contributed by atoms with Gasteiger partial charge in [0.2, 0.25) is 5.91 Å². The quantitative estimate of drug-likeness (QED) is 0.661. The second-order valence-electron chi connectivity index (χ2n) is 6.12. The summed E-state index contributed by atoms with van der Waals surface area (Å²) in [7, 11) is 0. The van der Waals surface area contributed by atoms with Crippen molar-refractivity contribution in [1.82, 2.24) is 4.98 Å². The summed E-state index contributed by atoms with van der Waals surface area (Å²) in [6, 6.07) is 14.6. The van der Waals surface area contributed by atoms with E-state index in [9.17, 15) is 4.79 Å². The molecule has 1 heterocycles. The molecule has 4 heteroatoms. The van der Waals surface area contributed by atoms with E-state index in [-0.39, 0.29) is 5.91 Å². The highest BCUT2D eigenvalue weighted by Crippen LogP contribution is 2.28. The fourth-order valence-corrected chi connectivity index (χ4v) is 3.82. The molecule has 1 aliphatic carbocycles. The van der Waals surface area contributed by atoms with E-state index in [2.05, 4.69) is 52.8 Å². The van der Waals surface area contributed by atoms with Crippen LogP contribution in [0, 0.1) is 5.92 Å². The van der Waals surface area contributed by atoms with Gasteiger partial charge in [-0.05, 0) is 35.6 Å². The maximum absolute atomic E-state index is 12.1. The number of nitrogens with one attached hydrogen (secondary N) is 1. The van der Waals surface area contributed by atoms with E-state index >= 15 is 0 Å². The van der Waals surface area contributed by atoms with Crippen molar-refractivity contribution in [2.24, 2.45) is 5.92 Å². The molecule has 0 saturated carbocycles. The van der Waals surface area contributed by atoms with Crippen LogP contribution < -0.4 is 5.32 Å². The zero-order valence-electron chi connectivity index (χ0n) is 13.2. The fourth-order valence-electron chi connectivity index (χ4n) is 3.09. The Morgan fingerprint density at radius 3 is 2.92 bits per heavy atom. The Morgan fingerprint density at radius 1 is 1.21 bits per heavy atom. The number of fused-ring (bicyclic) bond motifs is 1. The number of amides is 1. The van der Waals surface area contributed by atoms with Crippen LogP contribution in [0.1, 0.15) is 19.3 Å². The van der Waals surface area contributed by atoms with E-state index in [0.717, 1.165) is 24.1 Å². The molecular formula is C20H18N2OS. The minimum atomic E-state index is 0.0472. The largest absolute Gasteiger partial charge is 0.302 e. The highest BCUT2D eigenvalue weighted by atomic mass is 32.1. The number of hydrogen-bond acceptors (Lipinski definition) is 3. The summed E-state index contributed by atoms with van der Waals surface area (Å²) in [5.74, 6) is 0.427. The molecule has 4 rings (SSSR count). The second kappa shape index (κ2) is 6.57. The lowest BCUT2D eigenvalue weighted by Crippen LogP contribution is -2.14. The van der Waals surface area contributed by atoms with Crippen LogP contribution in [0.15, 0.2) is 60.0 Å². The monoisotopic (exact) mass is 334 g/mol. The SMILES string of the molecule is O=C(CC1C=CCC1)Nc1nc(-c2ccc3ccccc3c2)cs1. The van der Waals surface area contributed by atoms with Gasteiger partial charge in [0.15, 0.2) is 5.13 Å². The molecule has 0 radical (unpaired) electrons. The third-order valence-corrected chi connectivity index (χ3v) is 5.11. The van der Waals surface area contributed by atoms with Gasteiger partial charge in [-0.1, -0.05) is 48.6 Å². The van der Waals surface area contributed by atoms with E-state index < -0.39 is 0 Å². The maximum atomic E-state index is 12.1. The molecule has 1 amide bonds. The van der Waals surface area contributed by atoms with Crippen molar-refractivity contribution >= 4 is 33.1 Å². The van der Waals surface area contributed by atoms with Crippen molar-refractivity contribution in [3.8, 4) is 11.3 Å². The minimum Gasteiger partial charge on any atom is -0.302 e. The number of benzene rings is 2. The molecule has 120 valence electrons. The Bertz CT molecular complexity index is 913. The molecule has 1 aromatic heterocycles. The Kier molecular flexibility index (Phi) is 4.13. The van der Waals surface area contributed by atoms with Gasteiger partial charge in [0.1, 0.15) is 0 Å². The minimum absolute atomic E-state index is 0.0472.